The number of rotatable bonds is 12. The fourth-order valence-corrected chi connectivity index (χ4v) is 15.0. The van der Waals surface area contributed by atoms with E-state index in [4.69, 9.17) is 9.97 Å². The first-order valence-corrected chi connectivity index (χ1v) is 30.7. The molecule has 0 bridgehead atoms. The van der Waals surface area contributed by atoms with Gasteiger partial charge in [-0.1, -0.05) is 194 Å². The van der Waals surface area contributed by atoms with E-state index in [1.807, 2.05) is 0 Å². The van der Waals surface area contributed by atoms with E-state index in [-0.39, 0.29) is 11.0 Å². The smallest absolute Gasteiger partial charge is 0.0973 e. The van der Waals surface area contributed by atoms with Gasteiger partial charge in [0, 0.05) is 95.9 Å². The molecule has 2 fully saturated rings. The molecule has 6 heteroatoms. The Kier molecular flexibility index (Phi) is 11.3. The molecule has 0 spiro atoms. The van der Waals surface area contributed by atoms with Crippen LogP contribution in [0.3, 0.4) is 0 Å². The third-order valence-electron chi connectivity index (χ3n) is 19.3. The van der Waals surface area contributed by atoms with E-state index in [0.29, 0.717) is 11.8 Å². The molecule has 88 heavy (non-hydrogen) atoms. The summed E-state index contributed by atoms with van der Waals surface area (Å²) in [6, 6.07) is 101. The summed E-state index contributed by atoms with van der Waals surface area (Å²) >= 11 is 0. The van der Waals surface area contributed by atoms with E-state index in [2.05, 4.69) is 335 Å². The number of nitrogens with zero attached hydrogens (tertiary/aromatic N) is 6. The largest absolute Gasteiger partial charge is 0.330 e. The highest BCUT2D eigenvalue weighted by atomic mass is 15.3. The molecule has 13 aromatic rings. The zero-order valence-corrected chi connectivity index (χ0v) is 48.3. The number of anilines is 8. The number of hydrogen-bond acceptors (Lipinski definition) is 5. The normalized spacial score (nSPS) is 18.8. The van der Waals surface area contributed by atoms with E-state index < -0.39 is 0 Å². The zero-order valence-electron chi connectivity index (χ0n) is 48.3. The summed E-state index contributed by atoms with van der Waals surface area (Å²) in [5.41, 5.74) is 25.2. The topological polar surface area (TPSA) is 40.4 Å². The molecule has 6 nitrogen and oxygen atoms in total. The third-order valence-corrected chi connectivity index (χ3v) is 19.3. The minimum absolute atomic E-state index is 0.0281. The van der Waals surface area contributed by atoms with E-state index in [1.54, 1.807) is 0 Å². The Morgan fingerprint density at radius 3 is 1.67 bits per heavy atom. The molecule has 0 radical (unpaired) electrons. The van der Waals surface area contributed by atoms with Crippen LogP contribution in [0.5, 0.6) is 0 Å². The van der Waals surface area contributed by atoms with Gasteiger partial charge < -0.3 is 19.3 Å². The average Bonchev–Trinajstić information content (AvgIpc) is 1.47. The van der Waals surface area contributed by atoms with Gasteiger partial charge in [-0.3, -0.25) is 0 Å². The maximum Gasteiger partial charge on any atom is 0.0973 e. The van der Waals surface area contributed by atoms with Crippen LogP contribution in [0.1, 0.15) is 35.6 Å². The van der Waals surface area contributed by atoms with Crippen molar-refractivity contribution in [1.29, 1.82) is 0 Å². The molecule has 416 valence electrons. The van der Waals surface area contributed by atoms with Crippen LogP contribution in [0, 0.1) is 5.92 Å². The Bertz CT molecular complexity index is 4970. The molecule has 0 N–H and O–H groups in total. The summed E-state index contributed by atoms with van der Waals surface area (Å²) in [5, 5.41) is 1.32. The first-order chi connectivity index (χ1) is 43.6. The molecule has 4 unspecified atom stereocenters. The standard InChI is InChI=1S/C82H58N6/c1-4-18-55(19-5-1)58-20-16-21-59(52-58)69-27-17-29-74-79(69)84-78(57-34-39-64(40-35-57)85(61-22-6-2-7-23-61)65-41-43-67(44-42-65)87-75-30-12-10-26-70(75)71-49-36-60-53-72(60)80(71)87)77(83-74)56-32-37-63(38-33-56)86(62-24-8-3-9-25-62)66-45-47-68(48-46-66)88-76-31-13-11-28-73(76)81-50-14-15-51-82(81,88)54-81/h1-52,60,72H,53-54H2. The molecule has 4 atom stereocenters. The van der Waals surface area contributed by atoms with E-state index in [9.17, 15) is 0 Å². The van der Waals surface area contributed by atoms with Gasteiger partial charge in [-0.25, -0.2) is 9.97 Å². The molecular weight excluding hydrogens is 1070 g/mol. The minimum atomic E-state index is -0.0721. The fourth-order valence-electron chi connectivity index (χ4n) is 15.0. The summed E-state index contributed by atoms with van der Waals surface area (Å²) in [6.45, 7) is 0. The Balaban J connectivity index is 0.730. The minimum Gasteiger partial charge on any atom is -0.330 e. The Morgan fingerprint density at radius 1 is 0.432 bits per heavy atom. The predicted octanol–water partition coefficient (Wildman–Crippen LogP) is 21.0. The van der Waals surface area contributed by atoms with Crippen LogP contribution in [0.4, 0.5) is 45.5 Å². The first-order valence-electron chi connectivity index (χ1n) is 30.7. The number of aromatic nitrogens is 3. The molecule has 0 amide bonds. The van der Waals surface area contributed by atoms with Crippen LogP contribution < -0.4 is 14.7 Å². The van der Waals surface area contributed by atoms with Gasteiger partial charge in [-0.2, -0.15) is 0 Å². The van der Waals surface area contributed by atoms with E-state index >= 15 is 0 Å². The second kappa shape index (κ2) is 19.7. The van der Waals surface area contributed by atoms with Crippen LogP contribution in [0.15, 0.2) is 309 Å². The van der Waals surface area contributed by atoms with Gasteiger partial charge in [-0.05, 0) is 162 Å². The van der Waals surface area contributed by atoms with Gasteiger partial charge in [-0.15, -0.1) is 0 Å². The quantitative estimate of drug-likeness (QED) is 0.122. The van der Waals surface area contributed by atoms with E-state index in [0.717, 1.165) is 90.8 Å². The van der Waals surface area contributed by atoms with Crippen molar-refractivity contribution in [2.75, 3.05) is 14.7 Å². The summed E-state index contributed by atoms with van der Waals surface area (Å²) in [5.74, 6) is 1.21. The van der Waals surface area contributed by atoms with Crippen LogP contribution in [-0.2, 0) is 5.41 Å². The highest BCUT2D eigenvalue weighted by Crippen LogP contribution is 2.73. The summed E-state index contributed by atoms with van der Waals surface area (Å²) in [4.78, 5) is 18.6. The molecule has 1 aliphatic heterocycles. The number of benzene rings is 11. The number of para-hydroxylation sites is 5. The van der Waals surface area contributed by atoms with Crippen LogP contribution in [-0.4, -0.2) is 20.1 Å². The molecule has 3 heterocycles. The Morgan fingerprint density at radius 2 is 0.977 bits per heavy atom. The van der Waals surface area contributed by atoms with Crippen molar-refractivity contribution in [3.63, 3.8) is 0 Å². The third kappa shape index (κ3) is 7.88. The zero-order chi connectivity index (χ0) is 57.9. The SMILES string of the molecule is C1=CC23CC2(C=C1)N(c1ccc(N(c2ccccc2)c2ccc(-c4nc5cccc(-c6cccc(-c7ccccc7)c6)c5nc4-c4ccc(N(c5ccccc5)c5ccc(-n6c7c(c8ccccc86)C=CC6CC76)cc5)cc4)cc2)cc1)c1ccccc13. The van der Waals surface area contributed by atoms with Crippen molar-refractivity contribution in [2.24, 2.45) is 5.92 Å². The van der Waals surface area contributed by atoms with Crippen LogP contribution in [0.25, 0.3) is 78.5 Å². The number of hydrogen-bond donors (Lipinski definition) is 0. The summed E-state index contributed by atoms with van der Waals surface area (Å²) in [7, 11) is 0. The van der Waals surface area contributed by atoms with Crippen molar-refractivity contribution in [2.45, 2.75) is 29.7 Å². The lowest BCUT2D eigenvalue weighted by Gasteiger charge is -2.31. The molecule has 4 aliphatic carbocycles. The monoisotopic (exact) mass is 1130 g/mol. The molecule has 2 saturated carbocycles. The molecular formula is C82H58N6. The first kappa shape index (κ1) is 50.3. The van der Waals surface area contributed by atoms with Gasteiger partial charge in [0.1, 0.15) is 0 Å². The van der Waals surface area contributed by atoms with Gasteiger partial charge in [0.2, 0.25) is 0 Å². The van der Waals surface area contributed by atoms with Gasteiger partial charge in [0.05, 0.1) is 33.5 Å². The van der Waals surface area contributed by atoms with Gasteiger partial charge >= 0.3 is 0 Å². The lowest BCUT2D eigenvalue weighted by atomic mass is 9.90. The van der Waals surface area contributed by atoms with Crippen LogP contribution in [0.2, 0.25) is 0 Å². The van der Waals surface area contributed by atoms with Gasteiger partial charge in [0.15, 0.2) is 0 Å². The fraction of sp³-hybridized carbons (Fsp3) is 0.0732. The summed E-state index contributed by atoms with van der Waals surface area (Å²) < 4.78 is 2.51. The summed E-state index contributed by atoms with van der Waals surface area (Å²) in [6.07, 6.45) is 16.4. The molecule has 11 aromatic carbocycles. The molecule has 18 rings (SSSR count). The molecule has 0 saturated heterocycles. The second-order valence-electron chi connectivity index (χ2n) is 24.2. The van der Waals surface area contributed by atoms with Crippen molar-refractivity contribution in [1.82, 2.24) is 14.5 Å². The molecule has 5 aliphatic rings. The Labute approximate surface area is 512 Å². The maximum absolute atomic E-state index is 5.72. The van der Waals surface area contributed by atoms with Crippen molar-refractivity contribution >= 4 is 73.5 Å². The Hall–Kier alpha value is -11.1. The maximum atomic E-state index is 5.72. The van der Waals surface area contributed by atoms with Crippen molar-refractivity contribution in [3.8, 4) is 50.5 Å². The van der Waals surface area contributed by atoms with Crippen molar-refractivity contribution < 1.29 is 0 Å². The van der Waals surface area contributed by atoms with E-state index in [1.165, 1.54) is 56.8 Å². The van der Waals surface area contributed by atoms with Crippen molar-refractivity contribution in [3.05, 3.63) is 326 Å². The second-order valence-corrected chi connectivity index (χ2v) is 24.2. The number of allylic oxidation sites excluding steroid dienone is 3. The van der Waals surface area contributed by atoms with Crippen LogP contribution >= 0.6 is 0 Å². The predicted molar refractivity (Wildman–Crippen MR) is 363 cm³/mol. The highest BCUT2D eigenvalue weighted by molar-refractivity contribution is 5.98. The van der Waals surface area contributed by atoms with Gasteiger partial charge in [0.25, 0.3) is 0 Å². The number of fused-ring (bicyclic) bond motifs is 7. The average molecular weight is 1130 g/mol. The lowest BCUT2D eigenvalue weighted by Crippen LogP contribution is -2.33. The molecule has 2 aromatic heterocycles. The highest BCUT2D eigenvalue weighted by Gasteiger charge is 2.74. The lowest BCUT2D eigenvalue weighted by molar-refractivity contribution is 0.740.